The molecule has 61 heavy (non-hydrogen) atoms. The van der Waals surface area contributed by atoms with E-state index < -0.39 is 11.9 Å². The van der Waals surface area contributed by atoms with Crippen LogP contribution in [0.15, 0.2) is 53.6 Å². The van der Waals surface area contributed by atoms with E-state index in [-0.39, 0.29) is 41.6 Å². The maximum Gasteiger partial charge on any atom is 0.329 e. The van der Waals surface area contributed by atoms with Gasteiger partial charge < -0.3 is 14.8 Å². The van der Waals surface area contributed by atoms with Gasteiger partial charge in [0.1, 0.15) is 11.7 Å². The number of aryl methyl sites for hydroxylation is 2. The molecule has 2 N–H and O–H groups in total. The smallest absolute Gasteiger partial charge is 0.329 e. The third-order valence-corrected chi connectivity index (χ3v) is 13.9. The molecule has 2 atom stereocenters. The number of nitrogens with one attached hydrogen (secondary N) is 2. The highest BCUT2D eigenvalue weighted by molar-refractivity contribution is 6.00. The number of aromatic amines is 1. The summed E-state index contributed by atoms with van der Waals surface area (Å²) in [5, 5.41) is 10.8. The second-order valence-electron chi connectivity index (χ2n) is 17.7. The Bertz CT molecular complexity index is 2490. The molecule has 4 aliphatic heterocycles. The number of hydrogen-bond acceptors (Lipinski definition) is 8. The van der Waals surface area contributed by atoms with E-state index >= 15 is 4.39 Å². The zero-order valence-electron chi connectivity index (χ0n) is 34.9. The summed E-state index contributed by atoms with van der Waals surface area (Å²) in [5.41, 5.74) is 3.72. The zero-order chi connectivity index (χ0) is 42.2. The highest BCUT2D eigenvalue weighted by atomic mass is 19.1. The lowest BCUT2D eigenvalue weighted by atomic mass is 9.85. The number of imidazole rings is 1. The molecule has 322 valence electrons. The lowest BCUT2D eigenvalue weighted by molar-refractivity contribution is -0.136. The van der Waals surface area contributed by atoms with E-state index in [0.29, 0.717) is 85.1 Å². The molecule has 1 unspecified atom stereocenters. The number of H-pyrrole nitrogens is 1. The molecular weight excluding hydrogens is 780 g/mol. The maximum atomic E-state index is 16.1. The van der Waals surface area contributed by atoms with Gasteiger partial charge in [-0.05, 0) is 99.2 Å². The molecule has 2 aromatic carbocycles. The minimum absolute atomic E-state index is 0.0294. The van der Waals surface area contributed by atoms with Crippen molar-refractivity contribution in [3.63, 3.8) is 0 Å². The number of carbonyl (C=O) groups excluding carboxylic acids is 4. The van der Waals surface area contributed by atoms with Gasteiger partial charge in [0.05, 0.1) is 29.3 Å². The van der Waals surface area contributed by atoms with Gasteiger partial charge in [0.2, 0.25) is 17.7 Å². The lowest BCUT2D eigenvalue weighted by Gasteiger charge is -2.35. The second kappa shape index (κ2) is 17.4. The van der Waals surface area contributed by atoms with Crippen LogP contribution in [0.1, 0.15) is 104 Å². The summed E-state index contributed by atoms with van der Waals surface area (Å²) in [4.78, 5) is 73.4. The molecule has 4 amide bonds. The number of piperidine rings is 4. The largest absolute Gasteiger partial charge is 0.348 e. The zero-order valence-corrected chi connectivity index (χ0v) is 34.9. The molecule has 0 radical (unpaired) electrons. The number of halogens is 1. The summed E-state index contributed by atoms with van der Waals surface area (Å²) >= 11 is 0. The number of nitrogens with zero attached hydrogens (tertiary/aromatic N) is 8. The van der Waals surface area contributed by atoms with Gasteiger partial charge in [-0.15, -0.1) is 5.10 Å². The molecule has 0 spiro atoms. The van der Waals surface area contributed by atoms with E-state index in [0.717, 1.165) is 75.7 Å². The van der Waals surface area contributed by atoms with Crippen molar-refractivity contribution >= 4 is 45.6 Å². The first kappa shape index (κ1) is 40.7. The van der Waals surface area contributed by atoms with Gasteiger partial charge in [0, 0.05) is 70.1 Å². The number of hydrogen-bond donors (Lipinski definition) is 2. The molecule has 16 heteroatoms. The third kappa shape index (κ3) is 8.51. The average molecular weight is 835 g/mol. The number of rotatable bonds is 11. The fraction of sp³-hybridized carbons (Fsp3) is 0.533. The van der Waals surface area contributed by atoms with E-state index in [4.69, 9.17) is 0 Å². The number of amides is 4. The predicted octanol–water partition coefficient (Wildman–Crippen LogP) is 4.87. The first-order valence-corrected chi connectivity index (χ1v) is 22.1. The summed E-state index contributed by atoms with van der Waals surface area (Å²) in [7, 11) is 1.73. The fourth-order valence-electron chi connectivity index (χ4n) is 10.3. The quantitative estimate of drug-likeness (QED) is 0.178. The van der Waals surface area contributed by atoms with Crippen LogP contribution in [0.2, 0.25) is 0 Å². The van der Waals surface area contributed by atoms with Crippen LogP contribution in [0.25, 0.3) is 21.9 Å². The standard InChI is InChI=1S/C45H55FN10O5/c1-51-38-25-31(6-9-36(38)56(45(51)61)37-10-11-39(57)49-43(37)59)27-52-19-12-29(13-20-52)4-5-30-14-21-53(22-15-30)44(60)35-26-32-7-8-34(41(46)42(32)48-35)33-3-2-18-54(28-33)40(58)16-23-55-24-17-47-50-55/h6-9,17,24-26,29-30,33,37,48H,2-5,10-16,18-23,27-28H2,1H3,(H,49,57,59)/t33-,37?/m0/s1. The van der Waals surface area contributed by atoms with Crippen molar-refractivity contribution in [2.45, 2.75) is 95.7 Å². The van der Waals surface area contributed by atoms with E-state index in [1.807, 2.05) is 34.1 Å². The highest BCUT2D eigenvalue weighted by Crippen LogP contribution is 2.34. The molecule has 4 aliphatic rings. The summed E-state index contributed by atoms with van der Waals surface area (Å²) in [5.74, 6) is 0.0273. The average Bonchev–Trinajstić information content (AvgIpc) is 4.02. The van der Waals surface area contributed by atoms with Crippen LogP contribution in [0.4, 0.5) is 4.39 Å². The van der Waals surface area contributed by atoms with Gasteiger partial charge in [0.25, 0.3) is 5.91 Å². The fourth-order valence-corrected chi connectivity index (χ4v) is 10.3. The van der Waals surface area contributed by atoms with Crippen molar-refractivity contribution < 1.29 is 23.6 Å². The molecule has 0 aliphatic carbocycles. The summed E-state index contributed by atoms with van der Waals surface area (Å²) < 4.78 is 20.8. The number of likely N-dealkylation sites (tertiary alicyclic amines) is 3. The molecule has 0 bridgehead atoms. The van der Waals surface area contributed by atoms with E-state index in [1.54, 1.807) is 34.8 Å². The Kier molecular flexibility index (Phi) is 11.6. The van der Waals surface area contributed by atoms with Gasteiger partial charge in [-0.2, -0.15) is 0 Å². The molecule has 15 nitrogen and oxygen atoms in total. The minimum Gasteiger partial charge on any atom is -0.348 e. The summed E-state index contributed by atoms with van der Waals surface area (Å²) in [6, 6.07) is 10.8. The summed E-state index contributed by atoms with van der Waals surface area (Å²) in [6.45, 7) is 5.81. The Hall–Kier alpha value is -5.64. The Labute approximate surface area is 353 Å². The third-order valence-electron chi connectivity index (χ3n) is 13.9. The van der Waals surface area contributed by atoms with Crippen molar-refractivity contribution in [3.05, 3.63) is 81.9 Å². The van der Waals surface area contributed by atoms with E-state index in [1.165, 1.54) is 11.0 Å². The Morgan fingerprint density at radius 2 is 1.64 bits per heavy atom. The maximum absolute atomic E-state index is 16.1. The van der Waals surface area contributed by atoms with Crippen molar-refractivity contribution in [1.29, 1.82) is 0 Å². The van der Waals surface area contributed by atoms with Crippen LogP contribution in [-0.2, 0) is 34.5 Å². The molecule has 4 saturated heterocycles. The normalized spacial score (nSPS) is 21.1. The summed E-state index contributed by atoms with van der Waals surface area (Å²) in [6.07, 6.45) is 12.3. The van der Waals surface area contributed by atoms with Gasteiger partial charge in [-0.25, -0.2) is 9.18 Å². The Morgan fingerprint density at radius 3 is 2.38 bits per heavy atom. The van der Waals surface area contributed by atoms with Crippen molar-refractivity contribution in [1.82, 2.24) is 49.1 Å². The molecule has 5 aromatic rings. The number of carbonyl (C=O) groups is 4. The van der Waals surface area contributed by atoms with E-state index in [9.17, 15) is 24.0 Å². The van der Waals surface area contributed by atoms with Crippen LogP contribution in [-0.4, -0.2) is 107 Å². The van der Waals surface area contributed by atoms with E-state index in [2.05, 4.69) is 31.6 Å². The second-order valence-corrected chi connectivity index (χ2v) is 17.7. The first-order chi connectivity index (χ1) is 29.6. The van der Waals surface area contributed by atoms with Crippen LogP contribution < -0.4 is 11.0 Å². The Balaban J connectivity index is 0.728. The van der Waals surface area contributed by atoms with Gasteiger partial charge in [-0.3, -0.25) is 43.2 Å². The van der Waals surface area contributed by atoms with Crippen LogP contribution >= 0.6 is 0 Å². The first-order valence-electron chi connectivity index (χ1n) is 22.1. The van der Waals surface area contributed by atoms with Gasteiger partial charge >= 0.3 is 5.69 Å². The topological polar surface area (TPSA) is 163 Å². The van der Waals surface area contributed by atoms with Crippen LogP contribution in [0.3, 0.4) is 0 Å². The van der Waals surface area contributed by atoms with Crippen molar-refractivity contribution in [3.8, 4) is 0 Å². The van der Waals surface area contributed by atoms with Crippen molar-refractivity contribution in [2.24, 2.45) is 18.9 Å². The highest BCUT2D eigenvalue weighted by Gasteiger charge is 2.33. The molecule has 9 rings (SSSR count). The molecule has 0 saturated carbocycles. The lowest BCUT2D eigenvalue weighted by Crippen LogP contribution is -2.44. The van der Waals surface area contributed by atoms with Gasteiger partial charge in [-0.1, -0.05) is 36.3 Å². The van der Waals surface area contributed by atoms with Gasteiger partial charge in [0.15, 0.2) is 5.82 Å². The number of fused-ring (bicyclic) bond motifs is 2. The number of benzene rings is 2. The van der Waals surface area contributed by atoms with Crippen LogP contribution in [0.5, 0.6) is 0 Å². The molecule has 3 aromatic heterocycles. The molecular formula is C45H55FN10O5. The predicted molar refractivity (Wildman–Crippen MR) is 226 cm³/mol. The number of aromatic nitrogens is 6. The monoisotopic (exact) mass is 834 g/mol. The molecule has 4 fully saturated rings. The minimum atomic E-state index is -0.690. The number of imide groups is 1. The SMILES string of the molecule is Cn1c(=O)n(C2CCC(=O)NC2=O)c2ccc(CN3CCC(CCC4CCN(C(=O)c5cc6ccc([C@H]7CCCN(C(=O)CCn8ccnn8)C7)c(F)c6[nH]5)CC4)CC3)cc21. The van der Waals surface area contributed by atoms with Crippen molar-refractivity contribution in [2.75, 3.05) is 39.3 Å². The Morgan fingerprint density at radius 1 is 0.869 bits per heavy atom. The molecule has 7 heterocycles. The van der Waals surface area contributed by atoms with Crippen LogP contribution in [0, 0.1) is 17.7 Å².